The van der Waals surface area contributed by atoms with Gasteiger partial charge in [-0.15, -0.1) is 11.6 Å². The van der Waals surface area contributed by atoms with Crippen molar-refractivity contribution in [2.75, 3.05) is 4.90 Å². The van der Waals surface area contributed by atoms with Gasteiger partial charge in [0.05, 0.1) is 20.7 Å². The largest absolute Gasteiger partial charge is 0.274 e. The number of fused-ring (bicyclic) bond motifs is 1. The van der Waals surface area contributed by atoms with Gasteiger partial charge in [0.2, 0.25) is 5.91 Å². The van der Waals surface area contributed by atoms with Crippen LogP contribution in [-0.4, -0.2) is 21.2 Å². The number of nitro groups is 1. The summed E-state index contributed by atoms with van der Waals surface area (Å²) in [6.07, 6.45) is 0. The third kappa shape index (κ3) is 2.69. The molecule has 6 nitrogen and oxygen atoms in total. The van der Waals surface area contributed by atoms with Gasteiger partial charge in [0.25, 0.3) is 5.69 Å². The highest BCUT2D eigenvalue weighted by atomic mass is 35.5. The average molecular weight is 443 g/mol. The van der Waals surface area contributed by atoms with Crippen LogP contribution in [0.15, 0.2) is 36.4 Å². The monoisotopic (exact) mass is 441 g/mol. The molecule has 1 fully saturated rings. The minimum Gasteiger partial charge on any atom is -0.274 e. The number of carbonyl (C=O) groups is 1. The number of hydrogen-bond acceptors (Lipinski definition) is 5. The van der Waals surface area contributed by atoms with Gasteiger partial charge in [-0.05, 0) is 30.7 Å². The fourth-order valence-corrected chi connectivity index (χ4v) is 5.21. The number of nitrogens with zero attached hydrogens (tertiary/aromatic N) is 3. The maximum atomic E-state index is 12.6. The van der Waals surface area contributed by atoms with Crippen molar-refractivity contribution >= 4 is 73.1 Å². The summed E-state index contributed by atoms with van der Waals surface area (Å²) in [5, 5.41) is 11.4. The Morgan fingerprint density at radius 2 is 2.00 bits per heavy atom. The third-order valence-corrected chi connectivity index (χ3v) is 6.80. The molecule has 0 N–H and O–H groups in total. The summed E-state index contributed by atoms with van der Waals surface area (Å²) in [5.74, 6) is -0.307. The van der Waals surface area contributed by atoms with Crippen LogP contribution in [0.2, 0.25) is 10.0 Å². The molecule has 1 aromatic heterocycles. The van der Waals surface area contributed by atoms with Gasteiger partial charge in [0, 0.05) is 22.2 Å². The third-order valence-electron chi connectivity index (χ3n) is 4.63. The molecule has 2 atom stereocenters. The van der Waals surface area contributed by atoms with E-state index in [1.165, 1.54) is 28.4 Å². The van der Waals surface area contributed by atoms with Gasteiger partial charge in [-0.2, -0.15) is 0 Å². The molecule has 2 unspecified atom stereocenters. The fraction of sp³-hybridized carbons (Fsp3) is 0.176. The molecule has 0 bridgehead atoms. The number of β-lactam (4-membered cyclic amide) rings is 1. The maximum absolute atomic E-state index is 12.6. The lowest BCUT2D eigenvalue weighted by Crippen LogP contribution is -2.69. The summed E-state index contributed by atoms with van der Waals surface area (Å²) in [4.78, 5) is 29.0. The molecule has 1 amide bonds. The van der Waals surface area contributed by atoms with E-state index in [1.54, 1.807) is 31.2 Å². The Hall–Kier alpha value is -1.93. The molecule has 0 aliphatic carbocycles. The summed E-state index contributed by atoms with van der Waals surface area (Å²) < 4.78 is 0.606. The minimum absolute atomic E-state index is 0.0358. The number of halogens is 3. The molecule has 3 aromatic rings. The lowest BCUT2D eigenvalue weighted by atomic mass is 9.79. The van der Waals surface area contributed by atoms with E-state index in [2.05, 4.69) is 4.98 Å². The molecule has 2 aromatic carbocycles. The van der Waals surface area contributed by atoms with Crippen LogP contribution in [0.25, 0.3) is 10.2 Å². The van der Waals surface area contributed by atoms with Crippen molar-refractivity contribution in [1.82, 2.24) is 4.98 Å². The summed E-state index contributed by atoms with van der Waals surface area (Å²) in [7, 11) is 0. The van der Waals surface area contributed by atoms with Gasteiger partial charge >= 0.3 is 0 Å². The molecule has 138 valence electrons. The summed E-state index contributed by atoms with van der Waals surface area (Å²) in [6.45, 7) is 1.80. The number of anilines is 1. The van der Waals surface area contributed by atoms with Crippen LogP contribution in [0.4, 0.5) is 10.8 Å². The smallest absolute Gasteiger partial charge is 0.270 e. The van der Waals surface area contributed by atoms with Crippen molar-refractivity contribution in [2.45, 2.75) is 17.8 Å². The SMILES string of the molecule is CC1(c2ccc(Cl)cc2Cl)C(Cl)C(=O)N1c1nc2ccc([N+](=O)[O-])cc2s1. The Kier molecular flexibility index (Phi) is 4.31. The lowest BCUT2D eigenvalue weighted by Gasteiger charge is -2.52. The number of hydrogen-bond donors (Lipinski definition) is 0. The second kappa shape index (κ2) is 6.31. The molecule has 2 heterocycles. The number of amides is 1. The zero-order valence-corrected chi connectivity index (χ0v) is 16.7. The van der Waals surface area contributed by atoms with E-state index in [9.17, 15) is 14.9 Å². The van der Waals surface area contributed by atoms with Crippen LogP contribution >= 0.6 is 46.1 Å². The number of rotatable bonds is 3. The summed E-state index contributed by atoms with van der Waals surface area (Å²) in [6, 6.07) is 9.38. The first-order valence-electron chi connectivity index (χ1n) is 7.72. The molecular weight excluding hydrogens is 433 g/mol. The van der Waals surface area contributed by atoms with E-state index >= 15 is 0 Å². The zero-order valence-electron chi connectivity index (χ0n) is 13.6. The highest BCUT2D eigenvalue weighted by Gasteiger charge is 2.59. The molecule has 0 radical (unpaired) electrons. The van der Waals surface area contributed by atoms with Crippen molar-refractivity contribution in [1.29, 1.82) is 0 Å². The molecule has 10 heteroatoms. The van der Waals surface area contributed by atoms with E-state index in [1.807, 2.05) is 0 Å². The van der Waals surface area contributed by atoms with Gasteiger partial charge in [-0.25, -0.2) is 4.98 Å². The molecular formula is C17H10Cl3N3O3S. The van der Waals surface area contributed by atoms with Gasteiger partial charge < -0.3 is 0 Å². The van der Waals surface area contributed by atoms with E-state index in [0.717, 1.165) is 0 Å². The van der Waals surface area contributed by atoms with E-state index in [0.29, 0.717) is 31.0 Å². The van der Waals surface area contributed by atoms with Gasteiger partial charge in [0.1, 0.15) is 5.38 Å². The number of thiazole rings is 1. The van der Waals surface area contributed by atoms with Gasteiger partial charge in [-0.1, -0.05) is 40.6 Å². The Morgan fingerprint density at radius 1 is 1.26 bits per heavy atom. The highest BCUT2D eigenvalue weighted by molar-refractivity contribution is 7.22. The van der Waals surface area contributed by atoms with Crippen LogP contribution in [-0.2, 0) is 10.3 Å². The van der Waals surface area contributed by atoms with Gasteiger partial charge in [0.15, 0.2) is 5.13 Å². The molecule has 4 rings (SSSR count). The number of aromatic nitrogens is 1. The van der Waals surface area contributed by atoms with Crippen molar-refractivity contribution < 1.29 is 9.72 Å². The predicted octanol–water partition coefficient (Wildman–Crippen LogP) is 5.38. The Morgan fingerprint density at radius 3 is 2.67 bits per heavy atom. The van der Waals surface area contributed by atoms with Crippen LogP contribution in [0.5, 0.6) is 0 Å². The second-order valence-electron chi connectivity index (χ2n) is 6.21. The molecule has 0 spiro atoms. The first-order valence-corrected chi connectivity index (χ1v) is 9.73. The lowest BCUT2D eigenvalue weighted by molar-refractivity contribution is -0.384. The number of benzene rings is 2. The quantitative estimate of drug-likeness (QED) is 0.236. The van der Waals surface area contributed by atoms with Crippen molar-refractivity contribution in [2.24, 2.45) is 0 Å². The van der Waals surface area contributed by atoms with Crippen molar-refractivity contribution in [3.63, 3.8) is 0 Å². The number of nitro benzene ring substituents is 1. The summed E-state index contributed by atoms with van der Waals surface area (Å²) in [5.41, 5.74) is 0.265. The molecule has 1 aliphatic rings. The normalized spacial score (nSPS) is 22.1. The Labute approximate surface area is 172 Å². The first-order chi connectivity index (χ1) is 12.7. The van der Waals surface area contributed by atoms with Crippen molar-refractivity contribution in [3.05, 3.63) is 62.1 Å². The van der Waals surface area contributed by atoms with Crippen LogP contribution in [0, 0.1) is 10.1 Å². The van der Waals surface area contributed by atoms with E-state index in [-0.39, 0.29) is 11.6 Å². The molecule has 1 saturated heterocycles. The highest BCUT2D eigenvalue weighted by Crippen LogP contribution is 2.51. The zero-order chi connectivity index (χ0) is 19.5. The summed E-state index contributed by atoms with van der Waals surface area (Å²) >= 11 is 19.9. The number of carbonyl (C=O) groups excluding carboxylic acids is 1. The number of alkyl halides is 1. The molecule has 0 saturated carbocycles. The van der Waals surface area contributed by atoms with Crippen LogP contribution in [0.1, 0.15) is 12.5 Å². The standard InChI is InChI=1S/C17H10Cl3N3O3S/c1-17(10-4-2-8(18)6-11(10)19)14(20)15(24)22(17)16-21-12-5-3-9(23(25)26)7-13(12)27-16/h2-7,14H,1H3. The average Bonchev–Trinajstić information content (AvgIpc) is 3.03. The predicted molar refractivity (Wildman–Crippen MR) is 107 cm³/mol. The van der Waals surface area contributed by atoms with Gasteiger partial charge in [-0.3, -0.25) is 19.8 Å². The maximum Gasteiger partial charge on any atom is 0.270 e. The Balaban J connectivity index is 1.83. The fourth-order valence-electron chi connectivity index (χ4n) is 3.19. The van der Waals surface area contributed by atoms with E-state index < -0.39 is 15.8 Å². The minimum atomic E-state index is -0.917. The second-order valence-corrected chi connectivity index (χ2v) is 8.50. The molecule has 1 aliphatic heterocycles. The first kappa shape index (κ1) is 18.4. The number of non-ortho nitro benzene ring substituents is 1. The topological polar surface area (TPSA) is 76.3 Å². The van der Waals surface area contributed by atoms with E-state index in [4.69, 9.17) is 34.8 Å². The van der Waals surface area contributed by atoms with Crippen LogP contribution in [0.3, 0.4) is 0 Å². The Bertz CT molecular complexity index is 1120. The van der Waals surface area contributed by atoms with Crippen molar-refractivity contribution in [3.8, 4) is 0 Å². The van der Waals surface area contributed by atoms with Crippen LogP contribution < -0.4 is 4.90 Å². The molecule has 27 heavy (non-hydrogen) atoms.